The van der Waals surface area contributed by atoms with Crippen LogP contribution in [0.2, 0.25) is 0 Å². The largest absolute Gasteiger partial charge is 0.481 e. The van der Waals surface area contributed by atoms with Crippen LogP contribution >= 0.6 is 15.9 Å². The molecule has 0 radical (unpaired) electrons. The van der Waals surface area contributed by atoms with Gasteiger partial charge in [0, 0.05) is 22.9 Å². The topological polar surface area (TPSA) is 96.4 Å². The van der Waals surface area contributed by atoms with Crippen molar-refractivity contribution < 1.29 is 18.3 Å². The molecule has 0 saturated heterocycles. The van der Waals surface area contributed by atoms with Gasteiger partial charge in [-0.2, -0.15) is 0 Å². The highest BCUT2D eigenvalue weighted by molar-refractivity contribution is 9.10. The first-order chi connectivity index (χ1) is 9.38. The Morgan fingerprint density at radius 2 is 2.15 bits per heavy atom. The first kappa shape index (κ1) is 15.4. The Bertz CT molecular complexity index is 605. The maximum absolute atomic E-state index is 12.2. The van der Waals surface area contributed by atoms with Gasteiger partial charge in [-0.3, -0.25) is 9.78 Å². The van der Waals surface area contributed by atoms with E-state index in [0.29, 0.717) is 30.2 Å². The van der Waals surface area contributed by atoms with Gasteiger partial charge in [0.05, 0.1) is 5.92 Å². The van der Waals surface area contributed by atoms with Crippen LogP contribution in [0.25, 0.3) is 0 Å². The van der Waals surface area contributed by atoms with E-state index in [4.69, 9.17) is 5.11 Å². The lowest BCUT2D eigenvalue weighted by Crippen LogP contribution is -2.39. The average Bonchev–Trinajstić information content (AvgIpc) is 2.38. The van der Waals surface area contributed by atoms with E-state index in [0.717, 1.165) is 0 Å². The molecule has 2 N–H and O–H groups in total. The van der Waals surface area contributed by atoms with Gasteiger partial charge >= 0.3 is 5.97 Å². The van der Waals surface area contributed by atoms with E-state index in [1.54, 1.807) is 0 Å². The third-order valence-electron chi connectivity index (χ3n) is 3.34. The Kier molecular flexibility index (Phi) is 4.77. The van der Waals surface area contributed by atoms with Gasteiger partial charge in [0.15, 0.2) is 0 Å². The third kappa shape index (κ3) is 3.77. The molecular weight excluding hydrogens is 348 g/mol. The average molecular weight is 363 g/mol. The van der Waals surface area contributed by atoms with E-state index in [2.05, 4.69) is 25.6 Å². The van der Waals surface area contributed by atoms with Crippen LogP contribution in [-0.4, -0.2) is 30.5 Å². The predicted molar refractivity (Wildman–Crippen MR) is 75.6 cm³/mol. The highest BCUT2D eigenvalue weighted by atomic mass is 79.9. The van der Waals surface area contributed by atoms with Crippen molar-refractivity contribution in [3.63, 3.8) is 0 Å². The molecule has 1 fully saturated rings. The van der Waals surface area contributed by atoms with Gasteiger partial charge in [-0.1, -0.05) is 6.42 Å². The summed E-state index contributed by atoms with van der Waals surface area (Å²) in [5, 5.41) is 9.01. The quantitative estimate of drug-likeness (QED) is 0.850. The smallest absolute Gasteiger partial charge is 0.306 e. The van der Waals surface area contributed by atoms with E-state index in [9.17, 15) is 13.2 Å². The van der Waals surface area contributed by atoms with Gasteiger partial charge in [0.25, 0.3) is 0 Å². The van der Waals surface area contributed by atoms with Crippen LogP contribution in [0.15, 0.2) is 27.8 Å². The van der Waals surface area contributed by atoms with Crippen LogP contribution in [-0.2, 0) is 14.8 Å². The second-order valence-corrected chi connectivity index (χ2v) is 7.49. The molecule has 0 aliphatic heterocycles. The molecule has 0 bridgehead atoms. The molecule has 6 nitrogen and oxygen atoms in total. The zero-order valence-corrected chi connectivity index (χ0v) is 13.0. The zero-order valence-electron chi connectivity index (χ0n) is 10.6. The van der Waals surface area contributed by atoms with Crippen molar-refractivity contribution in [2.24, 2.45) is 5.92 Å². The summed E-state index contributed by atoms with van der Waals surface area (Å²) in [5.74, 6) is -1.34. The molecule has 2 unspecified atom stereocenters. The maximum atomic E-state index is 12.2. The monoisotopic (exact) mass is 362 g/mol. The molecule has 0 amide bonds. The van der Waals surface area contributed by atoms with Crippen LogP contribution in [0.3, 0.4) is 0 Å². The fraction of sp³-hybridized carbons (Fsp3) is 0.500. The Labute approximate surface area is 125 Å². The summed E-state index contributed by atoms with van der Waals surface area (Å²) in [7, 11) is -3.67. The highest BCUT2D eigenvalue weighted by Crippen LogP contribution is 2.26. The second-order valence-electron chi connectivity index (χ2n) is 4.86. The number of nitrogens with zero attached hydrogens (tertiary/aromatic N) is 1. The van der Waals surface area contributed by atoms with Crippen molar-refractivity contribution in [1.82, 2.24) is 9.71 Å². The summed E-state index contributed by atoms with van der Waals surface area (Å²) in [6, 6.07) is 1.13. The molecule has 8 heteroatoms. The van der Waals surface area contributed by atoms with Crippen LogP contribution < -0.4 is 4.72 Å². The summed E-state index contributed by atoms with van der Waals surface area (Å²) >= 11 is 3.18. The highest BCUT2D eigenvalue weighted by Gasteiger charge is 2.30. The molecule has 1 aliphatic rings. The maximum Gasteiger partial charge on any atom is 0.306 e. The minimum Gasteiger partial charge on any atom is -0.481 e. The van der Waals surface area contributed by atoms with Crippen molar-refractivity contribution in [3.8, 4) is 0 Å². The molecule has 110 valence electrons. The van der Waals surface area contributed by atoms with Crippen molar-refractivity contribution in [2.45, 2.75) is 36.6 Å². The molecule has 1 aromatic rings. The van der Waals surface area contributed by atoms with Crippen LogP contribution in [0.1, 0.15) is 25.7 Å². The summed E-state index contributed by atoms with van der Waals surface area (Å²) < 4.78 is 27.6. The van der Waals surface area contributed by atoms with Crippen molar-refractivity contribution in [3.05, 3.63) is 22.9 Å². The number of carbonyl (C=O) groups is 1. The lowest BCUT2D eigenvalue weighted by Gasteiger charge is -2.27. The van der Waals surface area contributed by atoms with Crippen LogP contribution in [0.5, 0.6) is 0 Å². The van der Waals surface area contributed by atoms with Gasteiger partial charge in [-0.05, 0) is 41.3 Å². The van der Waals surface area contributed by atoms with Gasteiger partial charge < -0.3 is 5.11 Å². The number of carboxylic acid groups (broad SMARTS) is 1. The minimum absolute atomic E-state index is 0.0734. The fourth-order valence-electron chi connectivity index (χ4n) is 2.35. The lowest BCUT2D eigenvalue weighted by molar-refractivity contribution is -0.143. The third-order valence-corrected chi connectivity index (χ3v) is 5.26. The van der Waals surface area contributed by atoms with Crippen molar-refractivity contribution in [2.75, 3.05) is 0 Å². The molecular formula is C12H15BrN2O4S. The lowest BCUT2D eigenvalue weighted by atomic mass is 9.86. The van der Waals surface area contributed by atoms with Crippen molar-refractivity contribution >= 4 is 31.9 Å². The van der Waals surface area contributed by atoms with Crippen LogP contribution in [0, 0.1) is 5.92 Å². The van der Waals surface area contributed by atoms with E-state index in [1.807, 2.05) is 0 Å². The van der Waals surface area contributed by atoms with Gasteiger partial charge in [-0.25, -0.2) is 13.1 Å². The number of halogens is 1. The summed E-state index contributed by atoms with van der Waals surface area (Å²) in [6.45, 7) is 0. The number of sulfonamides is 1. The zero-order chi connectivity index (χ0) is 14.8. The fourth-order valence-corrected chi connectivity index (χ4v) is 4.14. The number of carboxylic acids is 1. The molecule has 2 atom stereocenters. The predicted octanol–water partition coefficient (Wildman–Crippen LogP) is 1.77. The Hall–Kier alpha value is -0.990. The molecule has 1 aromatic heterocycles. The molecule has 2 rings (SSSR count). The number of pyridine rings is 1. The van der Waals surface area contributed by atoms with Gasteiger partial charge in [-0.15, -0.1) is 0 Å². The molecule has 1 heterocycles. The standard InChI is InChI=1S/C12H15BrN2O4S/c13-9-5-11(7-14-6-9)20(18,19)15-10-3-1-2-8(4-10)12(16)17/h5-8,10,15H,1-4H2,(H,16,17). The first-order valence-corrected chi connectivity index (χ1v) is 8.52. The van der Waals surface area contributed by atoms with E-state index >= 15 is 0 Å². The number of aliphatic carboxylic acids is 1. The van der Waals surface area contributed by atoms with Crippen LogP contribution in [0.4, 0.5) is 0 Å². The Morgan fingerprint density at radius 1 is 1.40 bits per heavy atom. The van der Waals surface area contributed by atoms with E-state index in [-0.39, 0.29) is 10.9 Å². The molecule has 0 aromatic carbocycles. The van der Waals surface area contributed by atoms with Crippen molar-refractivity contribution in [1.29, 1.82) is 0 Å². The molecule has 20 heavy (non-hydrogen) atoms. The minimum atomic E-state index is -3.67. The number of aromatic nitrogens is 1. The Balaban J connectivity index is 2.10. The van der Waals surface area contributed by atoms with Gasteiger partial charge in [0.1, 0.15) is 4.90 Å². The summed E-state index contributed by atoms with van der Waals surface area (Å²) in [5.41, 5.74) is 0. The number of rotatable bonds is 4. The van der Waals surface area contributed by atoms with Gasteiger partial charge in [0.2, 0.25) is 10.0 Å². The summed E-state index contributed by atoms with van der Waals surface area (Å²) in [4.78, 5) is 14.9. The van der Waals surface area contributed by atoms with E-state index < -0.39 is 21.9 Å². The second kappa shape index (κ2) is 6.19. The summed E-state index contributed by atoms with van der Waals surface area (Å²) in [6.07, 6.45) is 5.07. The number of hydrogen-bond donors (Lipinski definition) is 2. The molecule has 1 saturated carbocycles. The SMILES string of the molecule is O=C(O)C1CCCC(NS(=O)(=O)c2cncc(Br)c2)C1. The van der Waals surface area contributed by atoms with E-state index in [1.165, 1.54) is 18.5 Å². The molecule has 0 spiro atoms. The number of hydrogen-bond acceptors (Lipinski definition) is 4. The molecule has 1 aliphatic carbocycles. The number of nitrogens with one attached hydrogen (secondary N) is 1. The first-order valence-electron chi connectivity index (χ1n) is 6.24. The Morgan fingerprint density at radius 3 is 2.80 bits per heavy atom. The normalized spacial score (nSPS) is 23.4.